The van der Waals surface area contributed by atoms with Crippen LogP contribution < -0.4 is 0 Å². The number of carbonyl (C=O) groups is 2. The highest BCUT2D eigenvalue weighted by molar-refractivity contribution is 5.76. The highest BCUT2D eigenvalue weighted by Gasteiger charge is 2.41. The molecule has 0 saturated heterocycles. The Morgan fingerprint density at radius 2 is 1.31 bits per heavy atom. The van der Waals surface area contributed by atoms with Crippen molar-refractivity contribution in [2.75, 3.05) is 0 Å². The molecule has 1 aliphatic carbocycles. The summed E-state index contributed by atoms with van der Waals surface area (Å²) in [6, 6.07) is 0. The minimum Gasteiger partial charge on any atom is -0.459 e. The molecule has 0 aromatic carbocycles. The largest absolute Gasteiger partial charge is 0.459 e. The van der Waals surface area contributed by atoms with E-state index in [1.807, 2.05) is 20.8 Å². The van der Waals surface area contributed by atoms with Crippen LogP contribution in [-0.4, -0.2) is 29.8 Å². The average molecular weight is 425 g/mol. The Hall–Kier alpha value is -1.27. The maximum atomic E-state index is 12.0. The summed E-state index contributed by atoms with van der Waals surface area (Å²) in [4.78, 5) is 23.2. The third kappa shape index (κ3) is 8.55. The van der Waals surface area contributed by atoms with Crippen LogP contribution >= 0.6 is 0 Å². The molecule has 29 heavy (non-hydrogen) atoms. The second kappa shape index (κ2) is 10.7. The van der Waals surface area contributed by atoms with E-state index in [1.54, 1.807) is 20.8 Å². The molecule has 1 rings (SSSR count). The van der Waals surface area contributed by atoms with Crippen molar-refractivity contribution in [1.82, 2.24) is 0 Å². The Labute approximate surface area is 173 Å². The first-order valence-electron chi connectivity index (χ1n) is 10.6. The number of ether oxygens (including phenoxy) is 2. The van der Waals surface area contributed by atoms with E-state index >= 15 is 0 Å². The minimum atomic E-state index is -4.49. The highest BCUT2D eigenvalue weighted by Crippen LogP contribution is 2.38. The molecule has 1 aliphatic rings. The van der Waals surface area contributed by atoms with Crippen LogP contribution in [0, 0.1) is 10.8 Å². The van der Waals surface area contributed by atoms with E-state index in [0.717, 1.165) is 32.6 Å². The molecule has 0 heterocycles. The predicted molar refractivity (Wildman–Crippen MR) is 107 cm³/mol. The fourth-order valence-corrected chi connectivity index (χ4v) is 2.56. The SMILES string of the molecule is CCC(C)(C)C(=O)OC(C)C(F)(F)F.CCC1(OC(=O)C(C)(C)CC)CCCC1. The second-order valence-corrected chi connectivity index (χ2v) is 9.20. The van der Waals surface area contributed by atoms with Crippen LogP contribution in [0.2, 0.25) is 0 Å². The molecule has 0 aliphatic heterocycles. The number of rotatable bonds is 7. The standard InChI is InChI=1S/C13H24O2.C9H15F3O2/c1-5-12(3,4)11(14)15-13(6-2)9-7-8-10-13;1-5-8(3,4)7(13)14-6(2)9(10,11)12/h5-10H2,1-4H3;6H,5H2,1-4H3. The Kier molecular flexibility index (Phi) is 10.2. The first-order valence-corrected chi connectivity index (χ1v) is 10.6. The van der Waals surface area contributed by atoms with Gasteiger partial charge in [0.15, 0.2) is 6.10 Å². The van der Waals surface area contributed by atoms with Crippen LogP contribution in [0.15, 0.2) is 0 Å². The molecule has 0 radical (unpaired) electrons. The van der Waals surface area contributed by atoms with E-state index in [9.17, 15) is 22.8 Å². The van der Waals surface area contributed by atoms with Gasteiger partial charge in [0.2, 0.25) is 0 Å². The van der Waals surface area contributed by atoms with Gasteiger partial charge in [0.25, 0.3) is 0 Å². The number of carbonyl (C=O) groups excluding carboxylic acids is 2. The first-order chi connectivity index (χ1) is 13.1. The topological polar surface area (TPSA) is 52.6 Å². The van der Waals surface area contributed by atoms with Crippen molar-refractivity contribution in [2.45, 2.75) is 118 Å². The summed E-state index contributed by atoms with van der Waals surface area (Å²) < 4.78 is 46.1. The fourth-order valence-electron chi connectivity index (χ4n) is 2.56. The van der Waals surface area contributed by atoms with Crippen molar-refractivity contribution in [3.8, 4) is 0 Å². The number of hydrogen-bond donors (Lipinski definition) is 0. The Morgan fingerprint density at radius 3 is 1.66 bits per heavy atom. The van der Waals surface area contributed by atoms with Crippen LogP contribution in [0.3, 0.4) is 0 Å². The molecular weight excluding hydrogens is 385 g/mol. The van der Waals surface area contributed by atoms with Gasteiger partial charge in [-0.05, 0) is 79.6 Å². The van der Waals surface area contributed by atoms with Crippen LogP contribution in [0.4, 0.5) is 13.2 Å². The molecule has 0 aromatic heterocycles. The molecule has 0 spiro atoms. The molecule has 172 valence electrons. The summed E-state index contributed by atoms with van der Waals surface area (Å²) in [6.45, 7) is 13.7. The molecule has 0 N–H and O–H groups in total. The van der Waals surface area contributed by atoms with Crippen LogP contribution in [0.1, 0.15) is 100 Å². The molecule has 1 fully saturated rings. The summed E-state index contributed by atoms with van der Waals surface area (Å²) >= 11 is 0. The predicted octanol–water partition coefficient (Wildman–Crippen LogP) is 6.61. The summed E-state index contributed by atoms with van der Waals surface area (Å²) in [7, 11) is 0. The number of halogens is 3. The molecule has 1 saturated carbocycles. The second-order valence-electron chi connectivity index (χ2n) is 9.20. The van der Waals surface area contributed by atoms with Crippen LogP contribution in [-0.2, 0) is 19.1 Å². The first kappa shape index (κ1) is 27.7. The Morgan fingerprint density at radius 1 is 0.897 bits per heavy atom. The molecule has 4 nitrogen and oxygen atoms in total. The van der Waals surface area contributed by atoms with Crippen molar-refractivity contribution in [1.29, 1.82) is 0 Å². The van der Waals surface area contributed by atoms with E-state index < -0.39 is 23.7 Å². The Balaban J connectivity index is 0.000000543. The van der Waals surface area contributed by atoms with Gasteiger partial charge < -0.3 is 9.47 Å². The van der Waals surface area contributed by atoms with E-state index in [4.69, 9.17) is 4.74 Å². The van der Waals surface area contributed by atoms with Gasteiger partial charge in [0, 0.05) is 0 Å². The molecule has 0 aromatic rings. The van der Waals surface area contributed by atoms with Gasteiger partial charge in [-0.2, -0.15) is 13.2 Å². The minimum absolute atomic E-state index is 0.0197. The van der Waals surface area contributed by atoms with E-state index in [1.165, 1.54) is 12.8 Å². The smallest absolute Gasteiger partial charge is 0.425 e. The molecule has 1 unspecified atom stereocenters. The van der Waals surface area contributed by atoms with E-state index in [0.29, 0.717) is 6.42 Å². The van der Waals surface area contributed by atoms with Crippen LogP contribution in [0.25, 0.3) is 0 Å². The maximum Gasteiger partial charge on any atom is 0.425 e. The lowest BCUT2D eigenvalue weighted by atomic mass is 9.89. The van der Waals surface area contributed by atoms with Gasteiger partial charge in [-0.1, -0.05) is 20.8 Å². The molecule has 0 amide bonds. The van der Waals surface area contributed by atoms with Gasteiger partial charge in [0.05, 0.1) is 10.8 Å². The molecule has 0 bridgehead atoms. The average Bonchev–Trinajstić information content (AvgIpc) is 3.10. The Bertz CT molecular complexity index is 533. The number of esters is 2. The van der Waals surface area contributed by atoms with Gasteiger partial charge >= 0.3 is 18.1 Å². The summed E-state index contributed by atoms with van der Waals surface area (Å²) in [5.74, 6) is -0.835. The van der Waals surface area contributed by atoms with Gasteiger partial charge in [-0.15, -0.1) is 0 Å². The van der Waals surface area contributed by atoms with E-state index in [2.05, 4.69) is 11.7 Å². The van der Waals surface area contributed by atoms with Crippen LogP contribution in [0.5, 0.6) is 0 Å². The zero-order valence-electron chi connectivity index (χ0n) is 19.3. The quantitative estimate of drug-likeness (QED) is 0.432. The highest BCUT2D eigenvalue weighted by atomic mass is 19.4. The third-order valence-corrected chi connectivity index (χ3v) is 6.09. The summed E-state index contributed by atoms with van der Waals surface area (Å²) in [5, 5.41) is 0. The van der Waals surface area contributed by atoms with Crippen molar-refractivity contribution in [3.63, 3.8) is 0 Å². The van der Waals surface area contributed by atoms with Gasteiger partial charge in [0.1, 0.15) is 5.60 Å². The van der Waals surface area contributed by atoms with Crippen molar-refractivity contribution < 1.29 is 32.2 Å². The zero-order valence-corrected chi connectivity index (χ0v) is 19.3. The lowest BCUT2D eigenvalue weighted by molar-refractivity contribution is -0.221. The summed E-state index contributed by atoms with van der Waals surface area (Å²) in [6.07, 6.45) is 0.215. The van der Waals surface area contributed by atoms with Crippen molar-refractivity contribution >= 4 is 11.9 Å². The summed E-state index contributed by atoms with van der Waals surface area (Å²) in [5.41, 5.74) is -1.33. The van der Waals surface area contributed by atoms with Gasteiger partial charge in [-0.25, -0.2) is 0 Å². The number of alkyl halides is 3. The van der Waals surface area contributed by atoms with E-state index in [-0.39, 0.29) is 17.0 Å². The molecular formula is C22H39F3O4. The van der Waals surface area contributed by atoms with Crippen molar-refractivity contribution in [3.05, 3.63) is 0 Å². The van der Waals surface area contributed by atoms with Crippen molar-refractivity contribution in [2.24, 2.45) is 10.8 Å². The lowest BCUT2D eigenvalue weighted by Crippen LogP contribution is -2.37. The zero-order chi connectivity index (χ0) is 23.1. The molecule has 1 atom stereocenters. The maximum absolute atomic E-state index is 12.0. The number of hydrogen-bond acceptors (Lipinski definition) is 4. The lowest BCUT2D eigenvalue weighted by Gasteiger charge is -2.32. The third-order valence-electron chi connectivity index (χ3n) is 6.09. The monoisotopic (exact) mass is 424 g/mol. The molecule has 7 heteroatoms. The normalized spacial score (nSPS) is 17.8. The van der Waals surface area contributed by atoms with Gasteiger partial charge in [-0.3, -0.25) is 9.59 Å². The fraction of sp³-hybridized carbons (Fsp3) is 0.909.